The molecule has 0 aliphatic heterocycles. The van der Waals surface area contributed by atoms with Gasteiger partial charge in [-0.25, -0.2) is 5.43 Å². The van der Waals surface area contributed by atoms with Gasteiger partial charge in [0.25, 0.3) is 5.91 Å². The second-order valence-corrected chi connectivity index (χ2v) is 5.72. The number of rotatable bonds is 7. The lowest BCUT2D eigenvalue weighted by Crippen LogP contribution is -2.21. The van der Waals surface area contributed by atoms with Crippen LogP contribution in [0.2, 0.25) is 0 Å². The van der Waals surface area contributed by atoms with E-state index in [4.69, 9.17) is 0 Å². The summed E-state index contributed by atoms with van der Waals surface area (Å²) in [6.45, 7) is 7.57. The Morgan fingerprint density at radius 1 is 1.08 bits per heavy atom. The van der Waals surface area contributed by atoms with Gasteiger partial charge in [0.1, 0.15) is 0 Å². The zero-order valence-electron chi connectivity index (χ0n) is 15.3. The molecule has 0 fully saturated rings. The Hall–Kier alpha value is -3.15. The van der Waals surface area contributed by atoms with Crippen LogP contribution in [0.25, 0.3) is 0 Å². The van der Waals surface area contributed by atoms with Gasteiger partial charge in [0, 0.05) is 37.0 Å². The van der Waals surface area contributed by atoms with E-state index in [9.17, 15) is 9.59 Å². The molecule has 6 nitrogen and oxygen atoms in total. The number of amides is 2. The fraction of sp³-hybridized carbons (Fsp3) is 0.250. The highest BCUT2D eigenvalue weighted by atomic mass is 16.2. The van der Waals surface area contributed by atoms with Crippen molar-refractivity contribution >= 4 is 29.4 Å². The highest BCUT2D eigenvalue weighted by Gasteiger charge is 2.06. The van der Waals surface area contributed by atoms with Gasteiger partial charge in [-0.15, -0.1) is 0 Å². The number of hydrogen-bond donors (Lipinski definition) is 2. The van der Waals surface area contributed by atoms with Crippen molar-refractivity contribution < 1.29 is 9.59 Å². The summed E-state index contributed by atoms with van der Waals surface area (Å²) in [6, 6.07) is 14.7. The zero-order chi connectivity index (χ0) is 18.9. The minimum atomic E-state index is -0.340. The minimum Gasteiger partial charge on any atom is -0.372 e. The lowest BCUT2D eigenvalue weighted by atomic mass is 10.2. The quantitative estimate of drug-likeness (QED) is 0.593. The number of nitrogens with one attached hydrogen (secondary N) is 2. The highest BCUT2D eigenvalue weighted by molar-refractivity contribution is 5.97. The van der Waals surface area contributed by atoms with Crippen molar-refractivity contribution in [2.24, 2.45) is 5.10 Å². The number of benzene rings is 2. The highest BCUT2D eigenvalue weighted by Crippen LogP contribution is 2.14. The monoisotopic (exact) mass is 352 g/mol. The smallest absolute Gasteiger partial charge is 0.271 e. The number of hydrazone groups is 1. The SMILES string of the molecule is CCN(CC)c1ccc(C=NNC(=O)c2cccc(NC(C)=O)c2)cc1. The van der Waals surface area contributed by atoms with Gasteiger partial charge in [0.2, 0.25) is 5.91 Å². The maximum Gasteiger partial charge on any atom is 0.271 e. The van der Waals surface area contributed by atoms with E-state index in [0.29, 0.717) is 11.3 Å². The van der Waals surface area contributed by atoms with Crippen LogP contribution in [0.5, 0.6) is 0 Å². The molecule has 2 amide bonds. The lowest BCUT2D eigenvalue weighted by molar-refractivity contribution is -0.114. The zero-order valence-corrected chi connectivity index (χ0v) is 15.3. The Morgan fingerprint density at radius 2 is 1.77 bits per heavy atom. The first-order chi connectivity index (χ1) is 12.5. The Bertz CT molecular complexity index is 781. The molecule has 0 aliphatic carbocycles. The molecule has 0 heterocycles. The van der Waals surface area contributed by atoms with E-state index in [1.807, 2.05) is 24.3 Å². The predicted molar refractivity (Wildman–Crippen MR) is 106 cm³/mol. The number of carbonyl (C=O) groups is 2. The van der Waals surface area contributed by atoms with Crippen LogP contribution in [0.1, 0.15) is 36.7 Å². The topological polar surface area (TPSA) is 73.8 Å². The molecule has 0 bridgehead atoms. The van der Waals surface area contributed by atoms with Gasteiger partial charge in [-0.3, -0.25) is 9.59 Å². The fourth-order valence-electron chi connectivity index (χ4n) is 2.53. The van der Waals surface area contributed by atoms with Crippen LogP contribution < -0.4 is 15.6 Å². The Morgan fingerprint density at radius 3 is 2.38 bits per heavy atom. The molecule has 0 atom stereocenters. The van der Waals surface area contributed by atoms with E-state index < -0.39 is 0 Å². The molecule has 136 valence electrons. The summed E-state index contributed by atoms with van der Waals surface area (Å²) < 4.78 is 0. The summed E-state index contributed by atoms with van der Waals surface area (Å²) in [5, 5.41) is 6.64. The first-order valence-corrected chi connectivity index (χ1v) is 8.59. The summed E-state index contributed by atoms with van der Waals surface area (Å²) in [5.74, 6) is -0.526. The van der Waals surface area contributed by atoms with Crippen molar-refractivity contribution in [3.63, 3.8) is 0 Å². The summed E-state index contributed by atoms with van der Waals surface area (Å²) >= 11 is 0. The largest absolute Gasteiger partial charge is 0.372 e. The van der Waals surface area contributed by atoms with Gasteiger partial charge in [-0.1, -0.05) is 18.2 Å². The van der Waals surface area contributed by atoms with E-state index in [1.54, 1.807) is 30.5 Å². The lowest BCUT2D eigenvalue weighted by Gasteiger charge is -2.20. The van der Waals surface area contributed by atoms with Crippen LogP contribution in [0, 0.1) is 0 Å². The van der Waals surface area contributed by atoms with Crippen LogP contribution in [0.15, 0.2) is 53.6 Å². The maximum absolute atomic E-state index is 12.1. The van der Waals surface area contributed by atoms with Crippen molar-refractivity contribution in [2.75, 3.05) is 23.3 Å². The van der Waals surface area contributed by atoms with Gasteiger partial charge < -0.3 is 10.2 Å². The Labute approximate surface area is 153 Å². The normalized spacial score (nSPS) is 10.6. The third kappa shape index (κ3) is 5.44. The molecule has 0 aliphatic rings. The molecule has 6 heteroatoms. The van der Waals surface area contributed by atoms with Gasteiger partial charge >= 0.3 is 0 Å². The molecule has 0 saturated carbocycles. The Kier molecular flexibility index (Phi) is 6.91. The molecule has 2 N–H and O–H groups in total. The van der Waals surface area contributed by atoms with Gasteiger partial charge in [0.15, 0.2) is 0 Å². The predicted octanol–water partition coefficient (Wildman–Crippen LogP) is 3.26. The first kappa shape index (κ1) is 19.2. The van der Waals surface area contributed by atoms with E-state index in [-0.39, 0.29) is 11.8 Å². The van der Waals surface area contributed by atoms with Gasteiger partial charge in [-0.2, -0.15) is 5.10 Å². The van der Waals surface area contributed by atoms with Crippen molar-refractivity contribution in [3.8, 4) is 0 Å². The first-order valence-electron chi connectivity index (χ1n) is 8.59. The van der Waals surface area contributed by atoms with Gasteiger partial charge in [0.05, 0.1) is 6.21 Å². The number of nitrogens with zero attached hydrogens (tertiary/aromatic N) is 2. The Balaban J connectivity index is 1.97. The van der Waals surface area contributed by atoms with Crippen LogP contribution in [0.4, 0.5) is 11.4 Å². The van der Waals surface area contributed by atoms with Crippen molar-refractivity contribution in [1.29, 1.82) is 0 Å². The van der Waals surface area contributed by atoms with Crippen molar-refractivity contribution in [3.05, 3.63) is 59.7 Å². The molecular weight excluding hydrogens is 328 g/mol. The molecule has 0 aromatic heterocycles. The van der Waals surface area contributed by atoms with Crippen LogP contribution in [0.3, 0.4) is 0 Å². The molecule has 0 spiro atoms. The number of carbonyl (C=O) groups excluding carboxylic acids is 2. The fourth-order valence-corrected chi connectivity index (χ4v) is 2.53. The van der Waals surface area contributed by atoms with E-state index in [1.165, 1.54) is 6.92 Å². The summed E-state index contributed by atoms with van der Waals surface area (Å²) in [6.07, 6.45) is 1.60. The average Bonchev–Trinajstić information content (AvgIpc) is 2.63. The number of hydrogen-bond acceptors (Lipinski definition) is 4. The third-order valence-corrected chi connectivity index (χ3v) is 3.85. The van der Waals surface area contributed by atoms with Crippen LogP contribution in [-0.4, -0.2) is 31.1 Å². The number of anilines is 2. The average molecular weight is 352 g/mol. The van der Waals surface area contributed by atoms with E-state index in [2.05, 4.69) is 34.6 Å². The summed E-state index contributed by atoms with van der Waals surface area (Å²) in [5.41, 5.74) is 5.54. The molecule has 0 radical (unpaired) electrons. The maximum atomic E-state index is 12.1. The standard InChI is InChI=1S/C20H24N4O2/c1-4-24(5-2)19-11-9-16(10-12-19)14-21-23-20(26)17-7-6-8-18(13-17)22-15(3)25/h6-14H,4-5H2,1-3H3,(H,22,25)(H,23,26). The molecule has 2 rings (SSSR count). The summed E-state index contributed by atoms with van der Waals surface area (Å²) in [7, 11) is 0. The third-order valence-electron chi connectivity index (χ3n) is 3.85. The molecule has 2 aromatic carbocycles. The molecule has 26 heavy (non-hydrogen) atoms. The second kappa shape index (κ2) is 9.36. The summed E-state index contributed by atoms with van der Waals surface area (Å²) in [4.78, 5) is 25.5. The van der Waals surface area contributed by atoms with E-state index in [0.717, 1.165) is 24.3 Å². The van der Waals surface area contributed by atoms with E-state index >= 15 is 0 Å². The molecule has 0 saturated heterocycles. The minimum absolute atomic E-state index is 0.186. The molecule has 2 aromatic rings. The molecule has 0 unspecified atom stereocenters. The molecular formula is C20H24N4O2. The van der Waals surface area contributed by atoms with Gasteiger partial charge in [-0.05, 0) is 49.7 Å². The van der Waals surface area contributed by atoms with Crippen LogP contribution >= 0.6 is 0 Å². The second-order valence-electron chi connectivity index (χ2n) is 5.72. The van der Waals surface area contributed by atoms with Crippen molar-refractivity contribution in [2.45, 2.75) is 20.8 Å². The van der Waals surface area contributed by atoms with Crippen LogP contribution in [-0.2, 0) is 4.79 Å². The van der Waals surface area contributed by atoms with Crippen molar-refractivity contribution in [1.82, 2.24) is 5.43 Å².